The van der Waals surface area contributed by atoms with Crippen LogP contribution in [0.3, 0.4) is 0 Å². The van der Waals surface area contributed by atoms with Crippen molar-refractivity contribution in [3.63, 3.8) is 0 Å². The number of nitrogens with one attached hydrogen (secondary N) is 2. The summed E-state index contributed by atoms with van der Waals surface area (Å²) in [6.07, 6.45) is -0.995. The number of ether oxygens (including phenoxy) is 1. The van der Waals surface area contributed by atoms with Crippen molar-refractivity contribution in [1.29, 1.82) is 0 Å². The fourth-order valence-electron chi connectivity index (χ4n) is 4.42. The van der Waals surface area contributed by atoms with Crippen LogP contribution in [0.4, 0.5) is 4.79 Å². The van der Waals surface area contributed by atoms with Gasteiger partial charge >= 0.3 is 18.0 Å². The summed E-state index contributed by atoms with van der Waals surface area (Å²) < 4.78 is 6.69. The Hall–Kier alpha value is -4.16. The summed E-state index contributed by atoms with van der Waals surface area (Å²) >= 11 is 2.62. The molecule has 4 rings (SSSR count). The summed E-state index contributed by atoms with van der Waals surface area (Å²) in [5, 5.41) is 35.9. The number of thioether (sulfide) groups is 2. The van der Waals surface area contributed by atoms with Gasteiger partial charge in [0.1, 0.15) is 28.9 Å². The van der Waals surface area contributed by atoms with Crippen molar-refractivity contribution >= 4 is 53.4 Å². The average Bonchev–Trinajstić information content (AvgIpc) is 3.44. The number of aliphatic carboxylic acids is 2. The Bertz CT molecular complexity index is 1420. The maximum absolute atomic E-state index is 13.0. The van der Waals surface area contributed by atoms with Gasteiger partial charge in [-0.15, -0.1) is 16.9 Å². The third kappa shape index (κ3) is 8.26. The van der Waals surface area contributed by atoms with Crippen LogP contribution in [-0.2, 0) is 25.7 Å². The summed E-state index contributed by atoms with van der Waals surface area (Å²) in [6, 6.07) is 5.94. The molecule has 2 aliphatic rings. The summed E-state index contributed by atoms with van der Waals surface area (Å²) in [7, 11) is 3.86. The van der Waals surface area contributed by atoms with E-state index in [1.54, 1.807) is 35.0 Å². The molecule has 1 unspecified atom stereocenters. The van der Waals surface area contributed by atoms with Gasteiger partial charge < -0.3 is 30.5 Å². The molecule has 1 aromatic heterocycles. The Morgan fingerprint density at radius 1 is 1.20 bits per heavy atom. The van der Waals surface area contributed by atoms with E-state index < -0.39 is 47.3 Å². The van der Waals surface area contributed by atoms with Crippen molar-refractivity contribution in [2.75, 3.05) is 32.1 Å². The molecule has 1 aromatic carbocycles. The van der Waals surface area contributed by atoms with E-state index in [9.17, 15) is 34.2 Å². The largest absolute Gasteiger partial charge is 0.480 e. The van der Waals surface area contributed by atoms with Gasteiger partial charge in [-0.05, 0) is 55.1 Å². The van der Waals surface area contributed by atoms with Crippen LogP contribution in [-0.4, -0.2) is 120 Å². The number of carbonyl (C=O) groups excluding carboxylic acids is 3. The van der Waals surface area contributed by atoms with Crippen molar-refractivity contribution in [2.45, 2.75) is 48.4 Å². The van der Waals surface area contributed by atoms with Crippen LogP contribution >= 0.6 is 23.5 Å². The molecule has 0 spiro atoms. The van der Waals surface area contributed by atoms with Crippen LogP contribution in [0, 0.1) is 0 Å². The van der Waals surface area contributed by atoms with Gasteiger partial charge in [0.15, 0.2) is 0 Å². The van der Waals surface area contributed by atoms with E-state index in [1.807, 2.05) is 19.0 Å². The third-order valence-electron chi connectivity index (χ3n) is 6.64. The lowest BCUT2D eigenvalue weighted by Crippen LogP contribution is -2.70. The predicted octanol–water partition coefficient (Wildman–Crippen LogP) is 0.478. The van der Waals surface area contributed by atoms with Crippen molar-refractivity contribution in [3.8, 4) is 5.75 Å². The highest BCUT2D eigenvalue weighted by Crippen LogP contribution is 2.41. The molecule has 0 radical (unpaired) electrons. The zero-order valence-corrected chi connectivity index (χ0v) is 25.5. The summed E-state index contributed by atoms with van der Waals surface area (Å²) in [6.45, 7) is 1.28. The summed E-state index contributed by atoms with van der Waals surface area (Å²) in [5.74, 6) is -2.72. The molecule has 4 N–H and O–H groups in total. The third-order valence-corrected chi connectivity index (χ3v) is 9.02. The molecule has 2 aliphatic heterocycles. The fraction of sp³-hybridized carbons (Fsp3) is 0.462. The van der Waals surface area contributed by atoms with Gasteiger partial charge in [0.2, 0.25) is 11.1 Å². The first-order valence-corrected chi connectivity index (χ1v) is 15.6. The Labute approximate surface area is 260 Å². The molecule has 18 heteroatoms. The van der Waals surface area contributed by atoms with Crippen LogP contribution in [0.15, 0.2) is 46.8 Å². The van der Waals surface area contributed by atoms with Gasteiger partial charge in [-0.2, -0.15) is 0 Å². The average molecular weight is 649 g/mol. The van der Waals surface area contributed by atoms with E-state index >= 15 is 0 Å². The van der Waals surface area contributed by atoms with Crippen molar-refractivity contribution in [3.05, 3.63) is 41.6 Å². The number of amides is 3. The molecular formula is C26H32N8O8S2. The van der Waals surface area contributed by atoms with Gasteiger partial charge in [-0.1, -0.05) is 30.0 Å². The second-order valence-electron chi connectivity index (χ2n) is 10.1. The highest BCUT2D eigenvalue weighted by atomic mass is 32.2. The normalized spacial score (nSPS) is 18.3. The second-order valence-corrected chi connectivity index (χ2v) is 12.2. The number of fused-ring (bicyclic) bond motifs is 1. The highest BCUT2D eigenvalue weighted by Gasteiger charge is 2.54. The molecule has 1 saturated heterocycles. The minimum atomic E-state index is -1.29. The monoisotopic (exact) mass is 648 g/mol. The van der Waals surface area contributed by atoms with Crippen molar-refractivity contribution in [2.24, 2.45) is 0 Å². The molecule has 3 amide bonds. The number of nitrogens with zero attached hydrogens (tertiary/aromatic N) is 6. The van der Waals surface area contributed by atoms with Crippen LogP contribution in [0.2, 0.25) is 0 Å². The smallest absolute Gasteiger partial charge is 0.413 e. The zero-order chi connectivity index (χ0) is 31.8. The SMILES string of the molecule is CN(C)CCn1nnnc1SCC1=C(C(=O)O)N2C(=O)[C@@H](NC(=O)CCCC(NC(=O)Oc3ccccc3)C(=O)O)[C@@H]2SC1. The molecule has 3 atom stereocenters. The number of hydrogen-bond acceptors (Lipinski definition) is 12. The van der Waals surface area contributed by atoms with Gasteiger partial charge in [-0.25, -0.2) is 19.1 Å². The number of benzene rings is 1. The number of likely N-dealkylation sites (N-methyl/N-ethyl adjacent to an activating group) is 1. The first kappa shape index (κ1) is 32.7. The molecule has 0 aliphatic carbocycles. The topological polar surface area (TPSA) is 209 Å². The quantitative estimate of drug-likeness (QED) is 0.153. The van der Waals surface area contributed by atoms with Gasteiger partial charge in [0, 0.05) is 24.5 Å². The lowest BCUT2D eigenvalue weighted by atomic mass is 10.0. The number of rotatable bonds is 15. The van der Waals surface area contributed by atoms with Gasteiger partial charge in [0.25, 0.3) is 5.91 Å². The maximum Gasteiger partial charge on any atom is 0.413 e. The standard InChI is InChI=1S/C26H32N8O8S2/c1-32(2)11-12-33-25(29-30-31-33)44-14-15-13-43-22-19(21(36)34(22)20(15)24(39)40)28-18(35)10-6-9-17(23(37)38)27-26(41)42-16-7-4-3-5-8-16/h3-5,7-8,17,19,22H,6,9-14H2,1-2H3,(H,27,41)(H,28,35)(H,37,38)(H,39,40)/t17?,19-,22+/m1/s1. The van der Waals surface area contributed by atoms with Gasteiger partial charge in [-0.3, -0.25) is 14.5 Å². The number of β-lactam (4-membered cyclic amide) rings is 1. The molecule has 1 fully saturated rings. The predicted molar refractivity (Wildman–Crippen MR) is 158 cm³/mol. The minimum absolute atomic E-state index is 0.0547. The molecule has 16 nitrogen and oxygen atoms in total. The van der Waals surface area contributed by atoms with Crippen LogP contribution < -0.4 is 15.4 Å². The van der Waals surface area contributed by atoms with Gasteiger partial charge in [0.05, 0.1) is 6.54 Å². The van der Waals surface area contributed by atoms with E-state index in [1.165, 1.54) is 28.4 Å². The van der Waals surface area contributed by atoms with Crippen molar-refractivity contribution in [1.82, 2.24) is 40.6 Å². The summed E-state index contributed by atoms with van der Waals surface area (Å²) in [5.41, 5.74) is 0.434. The number of carbonyl (C=O) groups is 5. The number of aromatic nitrogens is 4. The van der Waals surface area contributed by atoms with Crippen molar-refractivity contribution < 1.29 is 38.9 Å². The lowest BCUT2D eigenvalue weighted by Gasteiger charge is -2.49. The van der Waals surface area contributed by atoms with Crippen LogP contribution in [0.5, 0.6) is 5.75 Å². The first-order chi connectivity index (χ1) is 21.0. The Morgan fingerprint density at radius 2 is 1.95 bits per heavy atom. The van der Waals surface area contributed by atoms with Crippen LogP contribution in [0.25, 0.3) is 0 Å². The molecule has 44 heavy (non-hydrogen) atoms. The molecule has 236 valence electrons. The summed E-state index contributed by atoms with van der Waals surface area (Å²) in [4.78, 5) is 64.6. The van der Waals surface area contributed by atoms with Crippen LogP contribution in [0.1, 0.15) is 19.3 Å². The van der Waals surface area contributed by atoms with E-state index in [4.69, 9.17) is 4.74 Å². The Balaban J connectivity index is 1.27. The molecule has 0 bridgehead atoms. The molecule has 2 aromatic rings. The van der Waals surface area contributed by atoms with E-state index in [2.05, 4.69) is 26.2 Å². The minimum Gasteiger partial charge on any atom is -0.480 e. The molecular weight excluding hydrogens is 616 g/mol. The zero-order valence-electron chi connectivity index (χ0n) is 23.9. The van der Waals surface area contributed by atoms with E-state index in [0.717, 1.165) is 6.54 Å². The first-order valence-electron chi connectivity index (χ1n) is 13.5. The maximum atomic E-state index is 13.0. The second kappa shape index (κ2) is 15.0. The Kier molecular flexibility index (Phi) is 11.2. The number of carboxylic acids is 2. The highest BCUT2D eigenvalue weighted by molar-refractivity contribution is 8.01. The molecule has 3 heterocycles. The Morgan fingerprint density at radius 3 is 2.64 bits per heavy atom. The molecule has 0 saturated carbocycles. The number of carboxylic acid groups (broad SMARTS) is 2. The lowest BCUT2D eigenvalue weighted by molar-refractivity contribution is -0.150. The number of hydrogen-bond donors (Lipinski definition) is 4. The van der Waals surface area contributed by atoms with E-state index in [0.29, 0.717) is 23.0 Å². The van der Waals surface area contributed by atoms with E-state index in [-0.39, 0.29) is 36.5 Å². The fourth-order valence-corrected chi connectivity index (χ4v) is 6.81. The number of tetrazole rings is 1. The number of para-hydroxylation sites is 1.